The quantitative estimate of drug-likeness (QED) is 0.497. The molecule has 2 aromatic carbocycles. The number of carbonyl (C=O) groups is 1. The summed E-state index contributed by atoms with van der Waals surface area (Å²) in [6.45, 7) is 0. The molecule has 4 aromatic rings. The number of halogens is 1. The fourth-order valence-electron chi connectivity index (χ4n) is 3.26. The molecule has 1 amide bonds. The van der Waals surface area contributed by atoms with Crippen LogP contribution in [0, 0.1) is 0 Å². The minimum Gasteiger partial charge on any atom is -0.326 e. The van der Waals surface area contributed by atoms with Gasteiger partial charge in [0.05, 0.1) is 23.5 Å². The first-order valence-electron chi connectivity index (χ1n) is 8.51. The van der Waals surface area contributed by atoms with Gasteiger partial charge in [0.1, 0.15) is 5.02 Å². The monoisotopic (exact) mass is 392 g/mol. The Morgan fingerprint density at radius 3 is 2.89 bits per heavy atom. The van der Waals surface area contributed by atoms with E-state index in [1.165, 1.54) is 10.9 Å². The van der Waals surface area contributed by atoms with Gasteiger partial charge in [0.25, 0.3) is 5.56 Å². The summed E-state index contributed by atoms with van der Waals surface area (Å²) in [6.07, 6.45) is 1.81. The first kappa shape index (κ1) is 16.5. The summed E-state index contributed by atoms with van der Waals surface area (Å²) in [5.74, 6) is 0.645. The largest absolute Gasteiger partial charge is 0.326 e. The van der Waals surface area contributed by atoms with Crippen LogP contribution in [0.15, 0.2) is 53.5 Å². The third-order valence-corrected chi connectivity index (χ3v) is 4.79. The second-order valence-corrected chi connectivity index (χ2v) is 6.79. The highest BCUT2D eigenvalue weighted by Gasteiger charge is 2.18. The van der Waals surface area contributed by atoms with Crippen LogP contribution in [0.5, 0.6) is 0 Å². The number of hydrogen-bond acceptors (Lipinski definition) is 5. The molecular formula is C19H13ClN6O2. The number of aromatic amines is 1. The van der Waals surface area contributed by atoms with E-state index in [1.807, 2.05) is 30.3 Å². The van der Waals surface area contributed by atoms with Crippen molar-refractivity contribution >= 4 is 45.7 Å². The van der Waals surface area contributed by atoms with Gasteiger partial charge in [0, 0.05) is 11.4 Å². The van der Waals surface area contributed by atoms with Gasteiger partial charge in [0.15, 0.2) is 5.82 Å². The molecule has 5 rings (SSSR count). The van der Waals surface area contributed by atoms with Crippen LogP contribution in [-0.2, 0) is 11.2 Å². The predicted octanol–water partition coefficient (Wildman–Crippen LogP) is 3.00. The number of nitrogens with one attached hydrogen (secondary N) is 3. The minimum absolute atomic E-state index is 0.0272. The predicted molar refractivity (Wildman–Crippen MR) is 107 cm³/mol. The molecule has 0 saturated heterocycles. The average Bonchev–Trinajstić information content (AvgIpc) is 3.22. The summed E-state index contributed by atoms with van der Waals surface area (Å²) in [5, 5.41) is 9.50. The molecule has 0 unspecified atom stereocenters. The van der Waals surface area contributed by atoms with Crippen molar-refractivity contribution in [2.75, 3.05) is 10.6 Å². The normalized spacial score (nSPS) is 12.8. The molecule has 0 atom stereocenters. The van der Waals surface area contributed by atoms with Crippen LogP contribution in [-0.4, -0.2) is 25.7 Å². The molecule has 0 radical (unpaired) electrons. The Labute approximate surface area is 163 Å². The highest BCUT2D eigenvalue weighted by atomic mass is 35.5. The van der Waals surface area contributed by atoms with E-state index < -0.39 is 0 Å². The number of aromatic nitrogens is 4. The molecule has 0 bridgehead atoms. The van der Waals surface area contributed by atoms with Gasteiger partial charge in [-0.05, 0) is 35.9 Å². The van der Waals surface area contributed by atoms with Gasteiger partial charge >= 0.3 is 0 Å². The first-order valence-corrected chi connectivity index (χ1v) is 8.89. The fourth-order valence-corrected chi connectivity index (χ4v) is 3.44. The van der Waals surface area contributed by atoms with Gasteiger partial charge in [-0.1, -0.05) is 23.7 Å². The number of hydrogen-bond donors (Lipinski definition) is 3. The molecule has 0 saturated carbocycles. The molecule has 3 N–H and O–H groups in total. The molecule has 8 nitrogen and oxygen atoms in total. The van der Waals surface area contributed by atoms with E-state index >= 15 is 0 Å². The van der Waals surface area contributed by atoms with Crippen molar-refractivity contribution in [1.29, 1.82) is 0 Å². The molecular weight excluding hydrogens is 380 g/mol. The highest BCUT2D eigenvalue weighted by molar-refractivity contribution is 6.32. The summed E-state index contributed by atoms with van der Waals surface area (Å²) < 4.78 is 1.54. The molecule has 138 valence electrons. The zero-order valence-electron chi connectivity index (χ0n) is 14.4. The lowest BCUT2D eigenvalue weighted by atomic mass is 10.1. The number of fused-ring (bicyclic) bond motifs is 2. The summed E-state index contributed by atoms with van der Waals surface area (Å²) in [4.78, 5) is 32.4. The lowest BCUT2D eigenvalue weighted by molar-refractivity contribution is -0.115. The molecule has 3 heterocycles. The maximum absolute atomic E-state index is 12.2. The van der Waals surface area contributed by atoms with Crippen LogP contribution in [0.4, 0.5) is 17.3 Å². The van der Waals surface area contributed by atoms with Crippen LogP contribution in [0.3, 0.4) is 0 Å². The topological polar surface area (TPSA) is 105 Å². The Morgan fingerprint density at radius 2 is 2.00 bits per heavy atom. The summed E-state index contributed by atoms with van der Waals surface area (Å²) in [6, 6.07) is 12.7. The SMILES string of the molecule is O=C1Cc2cc(Nc3ncc(Cl)c(-n4[nH]c(=O)c5ccccc54)n3)ccc2N1. The number of rotatable bonds is 3. The lowest BCUT2D eigenvalue weighted by Crippen LogP contribution is -2.08. The number of carbonyl (C=O) groups excluding carboxylic acids is 1. The van der Waals surface area contributed by atoms with E-state index in [9.17, 15) is 9.59 Å². The molecule has 0 fully saturated rings. The van der Waals surface area contributed by atoms with Crippen LogP contribution >= 0.6 is 11.6 Å². The van der Waals surface area contributed by atoms with Gasteiger partial charge in [-0.25, -0.2) is 9.67 Å². The van der Waals surface area contributed by atoms with Crippen LogP contribution in [0.1, 0.15) is 5.56 Å². The van der Waals surface area contributed by atoms with Crippen molar-refractivity contribution in [3.8, 4) is 5.82 Å². The van der Waals surface area contributed by atoms with E-state index in [4.69, 9.17) is 11.6 Å². The van der Waals surface area contributed by atoms with Gasteiger partial charge in [-0.15, -0.1) is 0 Å². The number of benzene rings is 2. The van der Waals surface area contributed by atoms with E-state index in [0.29, 0.717) is 34.1 Å². The van der Waals surface area contributed by atoms with E-state index in [-0.39, 0.29) is 11.5 Å². The zero-order chi connectivity index (χ0) is 19.3. The third kappa shape index (κ3) is 2.71. The van der Waals surface area contributed by atoms with Crippen molar-refractivity contribution in [1.82, 2.24) is 19.7 Å². The average molecular weight is 393 g/mol. The lowest BCUT2D eigenvalue weighted by Gasteiger charge is -2.10. The van der Waals surface area contributed by atoms with Gasteiger partial charge in [0.2, 0.25) is 11.9 Å². The molecule has 2 aromatic heterocycles. The maximum Gasteiger partial charge on any atom is 0.272 e. The van der Waals surface area contributed by atoms with Crippen LogP contribution in [0.25, 0.3) is 16.7 Å². The van der Waals surface area contributed by atoms with Crippen molar-refractivity contribution in [2.45, 2.75) is 6.42 Å². The fraction of sp³-hybridized carbons (Fsp3) is 0.0526. The number of nitrogens with zero attached hydrogens (tertiary/aromatic N) is 3. The van der Waals surface area contributed by atoms with Crippen LogP contribution < -0.4 is 16.2 Å². The Bertz CT molecular complexity index is 1310. The van der Waals surface area contributed by atoms with Crippen molar-refractivity contribution in [3.63, 3.8) is 0 Å². The maximum atomic E-state index is 12.2. The Kier molecular flexibility index (Phi) is 3.66. The minimum atomic E-state index is -0.226. The van der Waals surface area contributed by atoms with E-state index in [0.717, 1.165) is 16.9 Å². The number of H-pyrrole nitrogens is 1. The zero-order valence-corrected chi connectivity index (χ0v) is 15.1. The Morgan fingerprint density at radius 1 is 1.14 bits per heavy atom. The number of anilines is 3. The Hall–Kier alpha value is -3.65. The van der Waals surface area contributed by atoms with Crippen LogP contribution in [0.2, 0.25) is 5.02 Å². The summed E-state index contributed by atoms with van der Waals surface area (Å²) in [5.41, 5.74) is 2.90. The Balaban J connectivity index is 1.54. The highest BCUT2D eigenvalue weighted by Crippen LogP contribution is 2.28. The molecule has 1 aliphatic rings. The molecule has 28 heavy (non-hydrogen) atoms. The van der Waals surface area contributed by atoms with Gasteiger partial charge < -0.3 is 10.6 Å². The summed E-state index contributed by atoms with van der Waals surface area (Å²) in [7, 11) is 0. The molecule has 1 aliphatic heterocycles. The molecule has 0 spiro atoms. The molecule has 9 heteroatoms. The van der Waals surface area contributed by atoms with Crippen molar-refractivity contribution in [2.24, 2.45) is 0 Å². The first-order chi connectivity index (χ1) is 13.6. The smallest absolute Gasteiger partial charge is 0.272 e. The van der Waals surface area contributed by atoms with E-state index in [2.05, 4.69) is 25.7 Å². The van der Waals surface area contributed by atoms with Gasteiger partial charge in [-0.2, -0.15) is 4.98 Å². The second-order valence-electron chi connectivity index (χ2n) is 6.38. The molecule has 0 aliphatic carbocycles. The van der Waals surface area contributed by atoms with Crippen molar-refractivity contribution < 1.29 is 4.79 Å². The standard InChI is InChI=1S/C19H13ClN6O2/c20-13-9-21-19(22-11-5-6-14-10(7-11)8-16(27)23-14)24-17(13)26-15-4-2-1-3-12(15)18(28)25-26/h1-7,9H,8H2,(H,23,27)(H,25,28)(H,21,22,24). The summed E-state index contributed by atoms with van der Waals surface area (Å²) >= 11 is 6.29. The second kappa shape index (κ2) is 6.21. The number of amides is 1. The van der Waals surface area contributed by atoms with E-state index in [1.54, 1.807) is 12.1 Å². The van der Waals surface area contributed by atoms with Gasteiger partial charge in [-0.3, -0.25) is 14.7 Å². The number of para-hydroxylation sites is 1. The van der Waals surface area contributed by atoms with Crippen molar-refractivity contribution in [3.05, 3.63) is 69.6 Å². The third-order valence-electron chi connectivity index (χ3n) is 4.53.